The zero-order valence-corrected chi connectivity index (χ0v) is 12.1. The van der Waals surface area contributed by atoms with E-state index < -0.39 is 0 Å². The van der Waals surface area contributed by atoms with Crippen LogP contribution in [0, 0.1) is 0 Å². The summed E-state index contributed by atoms with van der Waals surface area (Å²) in [6.45, 7) is 3.95. The Bertz CT molecular complexity index is 344. The second-order valence-electron chi connectivity index (χ2n) is 5.00. The molecule has 1 saturated heterocycles. The lowest BCUT2D eigenvalue weighted by molar-refractivity contribution is 0.177. The summed E-state index contributed by atoms with van der Waals surface area (Å²) in [4.78, 5) is 6.96. The molecule has 1 unspecified atom stereocenters. The van der Waals surface area contributed by atoms with E-state index in [-0.39, 0.29) is 5.54 Å². The van der Waals surface area contributed by atoms with Gasteiger partial charge in [-0.1, -0.05) is 0 Å². The van der Waals surface area contributed by atoms with E-state index in [2.05, 4.69) is 27.6 Å². The molecule has 1 aromatic heterocycles. The Morgan fingerprint density at radius 1 is 1.50 bits per heavy atom. The van der Waals surface area contributed by atoms with E-state index in [1.807, 2.05) is 6.20 Å². The molecule has 2 heterocycles. The average Bonchev–Trinajstić information content (AvgIpc) is 2.84. The van der Waals surface area contributed by atoms with Crippen molar-refractivity contribution in [2.24, 2.45) is 0 Å². The minimum Gasteiger partial charge on any atom is -0.383 e. The van der Waals surface area contributed by atoms with E-state index >= 15 is 0 Å². The summed E-state index contributed by atoms with van der Waals surface area (Å²) >= 11 is 1.76. The number of rotatable bonds is 5. The van der Waals surface area contributed by atoms with Crippen LogP contribution in [0.1, 0.15) is 24.3 Å². The van der Waals surface area contributed by atoms with Crippen LogP contribution in [0.15, 0.2) is 11.6 Å². The molecule has 0 bridgehead atoms. The van der Waals surface area contributed by atoms with Crippen LogP contribution >= 0.6 is 11.3 Å². The molecule has 0 saturated carbocycles. The van der Waals surface area contributed by atoms with Crippen LogP contribution in [0.25, 0.3) is 0 Å². The molecule has 5 heteroatoms. The van der Waals surface area contributed by atoms with Crippen LogP contribution in [0.3, 0.4) is 0 Å². The molecule has 18 heavy (non-hydrogen) atoms. The Balaban J connectivity index is 2.11. The molecule has 1 fully saturated rings. The van der Waals surface area contributed by atoms with Gasteiger partial charge >= 0.3 is 0 Å². The van der Waals surface area contributed by atoms with Gasteiger partial charge in [0, 0.05) is 31.8 Å². The van der Waals surface area contributed by atoms with Gasteiger partial charge < -0.3 is 15.0 Å². The molecule has 4 nitrogen and oxygen atoms in total. The summed E-state index contributed by atoms with van der Waals surface area (Å²) in [5.41, 5.74) is 0.0530. The molecule has 1 aliphatic heterocycles. The lowest BCUT2D eigenvalue weighted by Gasteiger charge is -2.32. The summed E-state index contributed by atoms with van der Waals surface area (Å²) in [5, 5.41) is 7.00. The minimum absolute atomic E-state index is 0.0530. The van der Waals surface area contributed by atoms with E-state index in [9.17, 15) is 0 Å². The van der Waals surface area contributed by atoms with Crippen LogP contribution in [0.4, 0.5) is 0 Å². The fourth-order valence-electron chi connectivity index (χ4n) is 2.59. The van der Waals surface area contributed by atoms with E-state index in [1.54, 1.807) is 18.4 Å². The minimum atomic E-state index is 0.0530. The van der Waals surface area contributed by atoms with Gasteiger partial charge in [0.25, 0.3) is 0 Å². The van der Waals surface area contributed by atoms with Crippen LogP contribution in [-0.4, -0.2) is 50.3 Å². The Labute approximate surface area is 113 Å². The van der Waals surface area contributed by atoms with Gasteiger partial charge in [-0.05, 0) is 32.9 Å². The fourth-order valence-corrected chi connectivity index (χ4v) is 3.46. The number of likely N-dealkylation sites (tertiary alicyclic amines) is 1. The molecule has 1 atom stereocenters. The molecule has 102 valence electrons. The Morgan fingerprint density at radius 3 is 3.11 bits per heavy atom. The monoisotopic (exact) mass is 269 g/mol. The average molecular weight is 269 g/mol. The van der Waals surface area contributed by atoms with E-state index in [4.69, 9.17) is 4.74 Å². The first kappa shape index (κ1) is 13.9. The first-order valence-corrected chi connectivity index (χ1v) is 7.47. The van der Waals surface area contributed by atoms with Crippen molar-refractivity contribution in [2.75, 3.05) is 40.4 Å². The molecular formula is C13H23N3OS. The van der Waals surface area contributed by atoms with E-state index in [1.165, 1.54) is 18.0 Å². The van der Waals surface area contributed by atoms with Gasteiger partial charge in [-0.15, -0.1) is 11.3 Å². The predicted molar refractivity (Wildman–Crippen MR) is 75.0 cm³/mol. The predicted octanol–water partition coefficient (Wildman–Crippen LogP) is 1.69. The van der Waals surface area contributed by atoms with Crippen LogP contribution in [0.2, 0.25) is 0 Å². The second-order valence-corrected chi connectivity index (χ2v) is 5.89. The summed E-state index contributed by atoms with van der Waals surface area (Å²) in [6.07, 6.45) is 5.42. The molecule has 1 N–H and O–H groups in total. The molecule has 0 amide bonds. The third kappa shape index (κ3) is 3.29. The number of methoxy groups -OCH3 is 1. The summed E-state index contributed by atoms with van der Waals surface area (Å²) < 4.78 is 5.16. The molecule has 2 rings (SSSR count). The zero-order chi connectivity index (χ0) is 12.8. The summed E-state index contributed by atoms with van der Waals surface area (Å²) in [6, 6.07) is 0. The van der Waals surface area contributed by atoms with Crippen molar-refractivity contribution in [1.29, 1.82) is 0 Å². The lowest BCUT2D eigenvalue weighted by atomic mass is 9.91. The van der Waals surface area contributed by atoms with Crippen molar-refractivity contribution >= 4 is 11.3 Å². The third-order valence-electron chi connectivity index (χ3n) is 3.67. The van der Waals surface area contributed by atoms with Crippen molar-refractivity contribution < 1.29 is 4.74 Å². The van der Waals surface area contributed by atoms with Gasteiger partial charge in [-0.3, -0.25) is 0 Å². The van der Waals surface area contributed by atoms with Crippen LogP contribution in [0.5, 0.6) is 0 Å². The van der Waals surface area contributed by atoms with E-state index in [0.29, 0.717) is 0 Å². The fraction of sp³-hybridized carbons (Fsp3) is 0.769. The number of thiazole rings is 1. The Morgan fingerprint density at radius 2 is 2.39 bits per heavy atom. The summed E-state index contributed by atoms with van der Waals surface area (Å²) in [7, 11) is 3.95. The quantitative estimate of drug-likeness (QED) is 0.826. The highest BCUT2D eigenvalue weighted by Crippen LogP contribution is 2.33. The van der Waals surface area contributed by atoms with Gasteiger partial charge in [0.15, 0.2) is 0 Å². The van der Waals surface area contributed by atoms with Crippen molar-refractivity contribution in [3.05, 3.63) is 16.6 Å². The van der Waals surface area contributed by atoms with Crippen LogP contribution in [-0.2, 0) is 10.3 Å². The second kappa shape index (κ2) is 6.61. The maximum atomic E-state index is 5.16. The first-order chi connectivity index (χ1) is 8.77. The summed E-state index contributed by atoms with van der Waals surface area (Å²) in [5.74, 6) is 0. The molecule has 0 aliphatic carbocycles. The number of aromatic nitrogens is 1. The standard InChI is InChI=1S/C13H23N3OS/c1-16-8-3-4-13(5-9-16,15-6-10-17-2)12-14-7-11-18-12/h7,11,15H,3-6,8-10H2,1-2H3. The molecule has 1 aromatic rings. The van der Waals surface area contributed by atoms with E-state index in [0.717, 1.165) is 32.5 Å². The highest BCUT2D eigenvalue weighted by atomic mass is 32.1. The molecule has 0 spiro atoms. The zero-order valence-electron chi connectivity index (χ0n) is 11.3. The maximum absolute atomic E-state index is 5.16. The highest BCUT2D eigenvalue weighted by molar-refractivity contribution is 7.09. The van der Waals surface area contributed by atoms with Crippen LogP contribution < -0.4 is 5.32 Å². The number of ether oxygens (including phenoxy) is 1. The van der Waals surface area contributed by atoms with Gasteiger partial charge in [0.1, 0.15) is 5.01 Å². The van der Waals surface area contributed by atoms with Crippen molar-refractivity contribution in [3.63, 3.8) is 0 Å². The number of nitrogens with zero attached hydrogens (tertiary/aromatic N) is 2. The van der Waals surface area contributed by atoms with Gasteiger partial charge in [-0.2, -0.15) is 0 Å². The largest absolute Gasteiger partial charge is 0.383 e. The third-order valence-corrected chi connectivity index (χ3v) is 4.65. The number of hydrogen-bond donors (Lipinski definition) is 1. The Kier molecular flexibility index (Phi) is 5.12. The Hall–Kier alpha value is -0.490. The van der Waals surface area contributed by atoms with Gasteiger partial charge in [0.05, 0.1) is 12.1 Å². The number of nitrogens with one attached hydrogen (secondary N) is 1. The highest BCUT2D eigenvalue weighted by Gasteiger charge is 2.35. The number of hydrogen-bond acceptors (Lipinski definition) is 5. The van der Waals surface area contributed by atoms with Gasteiger partial charge in [0.2, 0.25) is 0 Å². The molecule has 0 radical (unpaired) electrons. The molecular weight excluding hydrogens is 246 g/mol. The van der Waals surface area contributed by atoms with Crippen molar-refractivity contribution in [1.82, 2.24) is 15.2 Å². The first-order valence-electron chi connectivity index (χ1n) is 6.59. The molecule has 0 aromatic carbocycles. The SMILES string of the molecule is COCCNC1(c2nccs2)CCCN(C)CC1. The lowest BCUT2D eigenvalue weighted by Crippen LogP contribution is -2.44. The maximum Gasteiger partial charge on any atom is 0.113 e. The van der Waals surface area contributed by atoms with Crippen molar-refractivity contribution in [3.8, 4) is 0 Å². The van der Waals surface area contributed by atoms with Crippen molar-refractivity contribution in [2.45, 2.75) is 24.8 Å². The van der Waals surface area contributed by atoms with Gasteiger partial charge in [-0.25, -0.2) is 4.98 Å². The normalized spacial score (nSPS) is 26.1. The smallest absolute Gasteiger partial charge is 0.113 e. The topological polar surface area (TPSA) is 37.4 Å². The molecule has 1 aliphatic rings.